The van der Waals surface area contributed by atoms with E-state index in [-0.39, 0.29) is 5.75 Å². The van der Waals surface area contributed by atoms with E-state index in [0.717, 1.165) is 11.1 Å². The molecule has 6 nitrogen and oxygen atoms in total. The number of benzene rings is 2. The highest BCUT2D eigenvalue weighted by Crippen LogP contribution is 2.15. The van der Waals surface area contributed by atoms with E-state index in [2.05, 4.69) is 10.1 Å². The standard InChI is InChI=1S/C21H23F2NO5/c1-14-4-3-5-18(12-14)28-15(2)20(26)27-13-19(25)24-11-10-16-6-8-17(9-7-16)29-21(22)23/h3-9,12,15,21H,10-11,13H2,1-2H3,(H,24,25)/t15-/m0/s1. The average Bonchev–Trinajstić information content (AvgIpc) is 2.67. The number of carbonyl (C=O) groups is 2. The molecule has 0 saturated carbocycles. The number of nitrogens with one attached hydrogen (secondary N) is 1. The SMILES string of the molecule is Cc1cccc(O[C@@H](C)C(=O)OCC(=O)NCCc2ccc(OC(F)F)cc2)c1. The Balaban J connectivity index is 1.66. The molecule has 0 aliphatic rings. The second-order valence-electron chi connectivity index (χ2n) is 6.31. The van der Waals surface area contributed by atoms with E-state index < -0.39 is 31.2 Å². The minimum atomic E-state index is -2.87. The number of amides is 1. The first kappa shape index (κ1) is 22.1. The first-order valence-electron chi connectivity index (χ1n) is 9.04. The molecule has 8 heteroatoms. The van der Waals surface area contributed by atoms with Crippen LogP contribution in [0.1, 0.15) is 18.1 Å². The smallest absolute Gasteiger partial charge is 0.387 e. The van der Waals surface area contributed by atoms with Gasteiger partial charge in [0.2, 0.25) is 0 Å². The summed E-state index contributed by atoms with van der Waals surface area (Å²) >= 11 is 0. The monoisotopic (exact) mass is 407 g/mol. The molecule has 1 N–H and O–H groups in total. The third-order valence-electron chi connectivity index (χ3n) is 3.86. The molecular weight excluding hydrogens is 384 g/mol. The molecular formula is C21H23F2NO5. The summed E-state index contributed by atoms with van der Waals surface area (Å²) in [4.78, 5) is 23.8. The van der Waals surface area contributed by atoms with Crippen molar-refractivity contribution in [1.29, 1.82) is 0 Å². The van der Waals surface area contributed by atoms with Gasteiger partial charge in [0.1, 0.15) is 11.5 Å². The number of hydrogen-bond acceptors (Lipinski definition) is 5. The normalized spacial score (nSPS) is 11.6. The first-order chi connectivity index (χ1) is 13.8. The number of alkyl halides is 2. The summed E-state index contributed by atoms with van der Waals surface area (Å²) in [6.07, 6.45) is -0.361. The van der Waals surface area contributed by atoms with E-state index >= 15 is 0 Å². The topological polar surface area (TPSA) is 73.9 Å². The molecule has 0 unspecified atom stereocenters. The lowest BCUT2D eigenvalue weighted by molar-refractivity contribution is -0.154. The highest BCUT2D eigenvalue weighted by atomic mass is 19.3. The first-order valence-corrected chi connectivity index (χ1v) is 9.04. The van der Waals surface area contributed by atoms with Crippen LogP contribution >= 0.6 is 0 Å². The van der Waals surface area contributed by atoms with Crippen molar-refractivity contribution >= 4 is 11.9 Å². The Morgan fingerprint density at radius 2 is 1.76 bits per heavy atom. The van der Waals surface area contributed by atoms with Crippen LogP contribution in [-0.2, 0) is 20.7 Å². The predicted molar refractivity (Wildman–Crippen MR) is 102 cm³/mol. The van der Waals surface area contributed by atoms with Gasteiger partial charge in [-0.05, 0) is 55.7 Å². The van der Waals surface area contributed by atoms with Crippen LogP contribution in [0, 0.1) is 6.92 Å². The van der Waals surface area contributed by atoms with Crippen molar-refractivity contribution in [1.82, 2.24) is 5.32 Å². The van der Waals surface area contributed by atoms with Crippen molar-refractivity contribution in [2.24, 2.45) is 0 Å². The minimum absolute atomic E-state index is 0.0710. The molecule has 156 valence electrons. The summed E-state index contributed by atoms with van der Waals surface area (Å²) in [5.74, 6) is -0.472. The number of aryl methyl sites for hydroxylation is 1. The van der Waals surface area contributed by atoms with Gasteiger partial charge in [0, 0.05) is 6.54 Å². The maximum atomic E-state index is 12.1. The Kier molecular flexibility index (Phi) is 8.39. The summed E-state index contributed by atoms with van der Waals surface area (Å²) in [5.41, 5.74) is 1.84. The van der Waals surface area contributed by atoms with E-state index in [0.29, 0.717) is 18.7 Å². The van der Waals surface area contributed by atoms with Crippen LogP contribution in [0.15, 0.2) is 48.5 Å². The van der Waals surface area contributed by atoms with Gasteiger partial charge in [-0.1, -0.05) is 24.3 Å². The van der Waals surface area contributed by atoms with E-state index in [1.807, 2.05) is 19.1 Å². The zero-order chi connectivity index (χ0) is 21.2. The van der Waals surface area contributed by atoms with E-state index in [4.69, 9.17) is 9.47 Å². The fraction of sp³-hybridized carbons (Fsp3) is 0.333. The quantitative estimate of drug-likeness (QED) is 0.612. The summed E-state index contributed by atoms with van der Waals surface area (Å²) in [5, 5.41) is 2.62. The molecule has 2 rings (SSSR count). The highest BCUT2D eigenvalue weighted by molar-refractivity contribution is 5.81. The van der Waals surface area contributed by atoms with Gasteiger partial charge in [0.05, 0.1) is 0 Å². The molecule has 1 amide bonds. The summed E-state index contributed by atoms with van der Waals surface area (Å²) in [7, 11) is 0. The van der Waals surface area contributed by atoms with Gasteiger partial charge in [0.15, 0.2) is 12.7 Å². The number of hydrogen-bond donors (Lipinski definition) is 1. The van der Waals surface area contributed by atoms with Crippen LogP contribution in [-0.4, -0.2) is 37.7 Å². The molecule has 2 aromatic carbocycles. The van der Waals surface area contributed by atoms with E-state index in [9.17, 15) is 18.4 Å². The third-order valence-corrected chi connectivity index (χ3v) is 3.86. The lowest BCUT2D eigenvalue weighted by Gasteiger charge is -2.14. The number of carbonyl (C=O) groups excluding carboxylic acids is 2. The van der Waals surface area contributed by atoms with Gasteiger partial charge in [-0.25, -0.2) is 4.79 Å². The van der Waals surface area contributed by atoms with Crippen molar-refractivity contribution in [3.63, 3.8) is 0 Å². The van der Waals surface area contributed by atoms with Gasteiger partial charge in [-0.2, -0.15) is 8.78 Å². The predicted octanol–water partition coefficient (Wildman–Crippen LogP) is 3.27. The maximum Gasteiger partial charge on any atom is 0.387 e. The van der Waals surface area contributed by atoms with Crippen LogP contribution in [0.3, 0.4) is 0 Å². The van der Waals surface area contributed by atoms with Crippen molar-refractivity contribution in [3.05, 3.63) is 59.7 Å². The second kappa shape index (κ2) is 11.0. The van der Waals surface area contributed by atoms with Gasteiger partial charge < -0.3 is 19.5 Å². The van der Waals surface area contributed by atoms with Crippen LogP contribution in [0.4, 0.5) is 8.78 Å². The number of rotatable bonds is 10. The summed E-state index contributed by atoms with van der Waals surface area (Å²) in [6, 6.07) is 13.4. The molecule has 0 aromatic heterocycles. The Hall–Kier alpha value is -3.16. The molecule has 0 saturated heterocycles. The summed E-state index contributed by atoms with van der Waals surface area (Å²) < 4.78 is 38.9. The lowest BCUT2D eigenvalue weighted by atomic mass is 10.1. The zero-order valence-corrected chi connectivity index (χ0v) is 16.2. The summed E-state index contributed by atoms with van der Waals surface area (Å²) in [6.45, 7) is 0.477. The van der Waals surface area contributed by atoms with Crippen molar-refractivity contribution in [2.45, 2.75) is 33.0 Å². The Morgan fingerprint density at radius 3 is 2.41 bits per heavy atom. The minimum Gasteiger partial charge on any atom is -0.479 e. The van der Waals surface area contributed by atoms with Gasteiger partial charge in [0.25, 0.3) is 5.91 Å². The molecule has 0 heterocycles. The van der Waals surface area contributed by atoms with Crippen LogP contribution in [0.2, 0.25) is 0 Å². The second-order valence-corrected chi connectivity index (χ2v) is 6.31. The van der Waals surface area contributed by atoms with Crippen LogP contribution in [0.25, 0.3) is 0 Å². The molecule has 0 radical (unpaired) electrons. The fourth-order valence-electron chi connectivity index (χ4n) is 2.43. The number of esters is 1. The number of ether oxygens (including phenoxy) is 3. The fourth-order valence-corrected chi connectivity index (χ4v) is 2.43. The Labute approximate surface area is 167 Å². The maximum absolute atomic E-state index is 12.1. The molecule has 0 spiro atoms. The lowest BCUT2D eigenvalue weighted by Crippen LogP contribution is -2.33. The molecule has 2 aromatic rings. The molecule has 1 atom stereocenters. The van der Waals surface area contributed by atoms with Crippen molar-refractivity contribution in [2.75, 3.05) is 13.2 Å². The average molecular weight is 407 g/mol. The molecule has 29 heavy (non-hydrogen) atoms. The van der Waals surface area contributed by atoms with Gasteiger partial charge >= 0.3 is 12.6 Å². The molecule has 0 fully saturated rings. The van der Waals surface area contributed by atoms with Crippen LogP contribution in [0.5, 0.6) is 11.5 Å². The highest BCUT2D eigenvalue weighted by Gasteiger charge is 2.17. The van der Waals surface area contributed by atoms with Crippen molar-refractivity contribution < 1.29 is 32.6 Å². The molecule has 0 bridgehead atoms. The Bertz CT molecular complexity index is 811. The number of halogens is 2. The molecule has 0 aliphatic carbocycles. The molecule has 0 aliphatic heterocycles. The van der Waals surface area contributed by atoms with E-state index in [1.54, 1.807) is 31.2 Å². The third kappa shape index (κ3) is 8.16. The van der Waals surface area contributed by atoms with E-state index in [1.165, 1.54) is 12.1 Å². The largest absolute Gasteiger partial charge is 0.479 e. The van der Waals surface area contributed by atoms with Crippen molar-refractivity contribution in [3.8, 4) is 11.5 Å². The van der Waals surface area contributed by atoms with Gasteiger partial charge in [-0.3, -0.25) is 4.79 Å². The van der Waals surface area contributed by atoms with Gasteiger partial charge in [-0.15, -0.1) is 0 Å². The zero-order valence-electron chi connectivity index (χ0n) is 16.2. The van der Waals surface area contributed by atoms with Crippen LogP contribution < -0.4 is 14.8 Å². The Morgan fingerprint density at radius 1 is 1.03 bits per heavy atom.